The number of allylic oxidation sites excluding steroid dienone is 24. The Hall–Kier alpha value is -4.11. The molecule has 76 heavy (non-hydrogen) atoms. The molecule has 10 heteroatoms. The minimum absolute atomic E-state index is 0.0106. The normalized spacial score (nSPS) is 14.3. The highest BCUT2D eigenvalue weighted by Gasteiger charge is 2.27. The summed E-state index contributed by atoms with van der Waals surface area (Å²) in [6.07, 6.45) is 82.1. The van der Waals surface area contributed by atoms with Gasteiger partial charge in [-0.1, -0.05) is 224 Å². The van der Waals surface area contributed by atoms with Crippen molar-refractivity contribution >= 4 is 19.8 Å². The molecule has 0 aromatic rings. The second-order valence-corrected chi connectivity index (χ2v) is 21.7. The van der Waals surface area contributed by atoms with Crippen LogP contribution in [0.1, 0.15) is 206 Å². The number of likely N-dealkylation sites (N-methyl/N-ethyl adjacent to an activating group) is 1. The van der Waals surface area contributed by atoms with Crippen LogP contribution >= 0.6 is 7.82 Å². The summed E-state index contributed by atoms with van der Waals surface area (Å²) in [6.45, 7) is 4.21. The van der Waals surface area contributed by atoms with Crippen LogP contribution in [-0.4, -0.2) is 74.9 Å². The van der Waals surface area contributed by atoms with Gasteiger partial charge in [-0.05, 0) is 116 Å². The molecule has 2 atom stereocenters. The summed E-state index contributed by atoms with van der Waals surface area (Å²) in [6, 6.07) is 0. The molecule has 0 aliphatic rings. The van der Waals surface area contributed by atoms with Crippen molar-refractivity contribution in [3.05, 3.63) is 146 Å². The standard InChI is InChI=1S/C66H108NO8P/c1-6-8-10-12-14-16-18-20-22-24-26-28-30-31-32-33-34-35-37-39-41-43-45-47-49-51-53-55-57-59-66(69)75-64(63-74-76(70,71)73-61-60-67(3,4)5)62-72-65(68)58-56-54-52-50-48-46-44-42-40-38-36-29-27-25-23-21-19-17-15-13-11-9-7-2/h8,10,14,16,19-22,25-28,31-32,34-36,38-39,41,45,47,51,53,64H,6-7,9,11-13,15,17-18,23-24,29-30,33,37,40,42-44,46,48-50,52,54-63H2,1-5H3/p+1/b10-8-,16-14-,21-19-,22-20-,27-25-,28-26-,32-31-,35-34-,38-36-,41-39-,47-45-,53-51-. The smallest absolute Gasteiger partial charge is 0.462 e. The number of unbranched alkanes of at least 4 members (excludes halogenated alkanes) is 14. The van der Waals surface area contributed by atoms with Gasteiger partial charge in [-0.25, -0.2) is 4.57 Å². The lowest BCUT2D eigenvalue weighted by Gasteiger charge is -2.24. The van der Waals surface area contributed by atoms with E-state index in [9.17, 15) is 19.0 Å². The molecule has 0 aliphatic carbocycles. The lowest BCUT2D eigenvalue weighted by atomic mass is 10.1. The van der Waals surface area contributed by atoms with Crippen molar-refractivity contribution in [3.8, 4) is 0 Å². The van der Waals surface area contributed by atoms with Gasteiger partial charge in [0.15, 0.2) is 6.10 Å². The van der Waals surface area contributed by atoms with Gasteiger partial charge in [0.05, 0.1) is 27.7 Å². The van der Waals surface area contributed by atoms with Gasteiger partial charge in [0.25, 0.3) is 0 Å². The zero-order valence-corrected chi connectivity index (χ0v) is 49.6. The summed E-state index contributed by atoms with van der Waals surface area (Å²) < 4.78 is 34.5. The number of phosphoric ester groups is 1. The zero-order valence-electron chi connectivity index (χ0n) is 48.7. The molecule has 0 aromatic carbocycles. The van der Waals surface area contributed by atoms with Gasteiger partial charge < -0.3 is 18.9 Å². The first-order valence-electron chi connectivity index (χ1n) is 29.6. The van der Waals surface area contributed by atoms with Crippen LogP contribution in [0.3, 0.4) is 0 Å². The Bertz CT molecular complexity index is 1790. The van der Waals surface area contributed by atoms with E-state index in [2.05, 4.69) is 154 Å². The predicted molar refractivity (Wildman–Crippen MR) is 325 cm³/mol. The molecule has 2 unspecified atom stereocenters. The Morgan fingerprint density at radius 3 is 1.16 bits per heavy atom. The quantitative estimate of drug-likeness (QED) is 0.0211. The molecule has 0 heterocycles. The first-order chi connectivity index (χ1) is 37.0. The predicted octanol–water partition coefficient (Wildman–Crippen LogP) is 18.7. The molecule has 0 fully saturated rings. The second-order valence-electron chi connectivity index (χ2n) is 20.3. The molecular weight excluding hydrogens is 966 g/mol. The van der Waals surface area contributed by atoms with E-state index in [4.69, 9.17) is 18.5 Å². The maximum absolute atomic E-state index is 12.8. The molecule has 0 amide bonds. The van der Waals surface area contributed by atoms with Crippen molar-refractivity contribution in [3.63, 3.8) is 0 Å². The number of nitrogens with zero attached hydrogens (tertiary/aromatic N) is 1. The molecular formula is C66H109NO8P+. The number of carbonyl (C=O) groups is 2. The molecule has 0 aromatic heterocycles. The van der Waals surface area contributed by atoms with E-state index in [-0.39, 0.29) is 26.1 Å². The van der Waals surface area contributed by atoms with Gasteiger partial charge in [-0.2, -0.15) is 0 Å². The largest absolute Gasteiger partial charge is 0.472 e. The van der Waals surface area contributed by atoms with Crippen LogP contribution in [0.15, 0.2) is 146 Å². The molecule has 430 valence electrons. The van der Waals surface area contributed by atoms with Gasteiger partial charge in [0.2, 0.25) is 0 Å². The Balaban J connectivity index is 4.35. The van der Waals surface area contributed by atoms with E-state index >= 15 is 0 Å². The van der Waals surface area contributed by atoms with Crippen LogP contribution in [0, 0.1) is 0 Å². The number of hydrogen-bond donors (Lipinski definition) is 1. The number of esters is 2. The Kier molecular flexibility index (Phi) is 52.6. The van der Waals surface area contributed by atoms with Crippen molar-refractivity contribution in [1.29, 1.82) is 0 Å². The summed E-state index contributed by atoms with van der Waals surface area (Å²) in [5, 5.41) is 0. The maximum Gasteiger partial charge on any atom is 0.472 e. The summed E-state index contributed by atoms with van der Waals surface area (Å²) in [5.41, 5.74) is 0. The molecule has 0 saturated carbocycles. The Morgan fingerprint density at radius 1 is 0.421 bits per heavy atom. The highest BCUT2D eigenvalue weighted by molar-refractivity contribution is 7.47. The fourth-order valence-electron chi connectivity index (χ4n) is 7.32. The van der Waals surface area contributed by atoms with Crippen LogP contribution in [0.5, 0.6) is 0 Å². The highest BCUT2D eigenvalue weighted by Crippen LogP contribution is 2.43. The number of rotatable bonds is 52. The molecule has 0 saturated heterocycles. The van der Waals surface area contributed by atoms with Gasteiger partial charge in [-0.15, -0.1) is 0 Å². The first kappa shape index (κ1) is 71.9. The number of ether oxygens (including phenoxy) is 2. The monoisotopic (exact) mass is 1070 g/mol. The number of quaternary nitrogens is 1. The van der Waals surface area contributed by atoms with E-state index in [0.29, 0.717) is 30.3 Å². The van der Waals surface area contributed by atoms with Crippen LogP contribution in [-0.2, 0) is 32.7 Å². The van der Waals surface area contributed by atoms with Crippen molar-refractivity contribution in [1.82, 2.24) is 0 Å². The minimum atomic E-state index is -4.42. The lowest BCUT2D eigenvalue weighted by molar-refractivity contribution is -0.870. The molecule has 0 radical (unpaired) electrons. The molecule has 0 spiro atoms. The van der Waals surface area contributed by atoms with Crippen molar-refractivity contribution in [2.24, 2.45) is 0 Å². The van der Waals surface area contributed by atoms with Crippen molar-refractivity contribution in [2.75, 3.05) is 47.5 Å². The van der Waals surface area contributed by atoms with Gasteiger partial charge in [0, 0.05) is 12.8 Å². The van der Waals surface area contributed by atoms with E-state index in [1.807, 2.05) is 27.2 Å². The Labute approximate surface area is 465 Å². The van der Waals surface area contributed by atoms with Crippen molar-refractivity contribution in [2.45, 2.75) is 213 Å². The van der Waals surface area contributed by atoms with E-state index in [1.54, 1.807) is 0 Å². The third kappa shape index (κ3) is 59.1. The van der Waals surface area contributed by atoms with Crippen LogP contribution in [0.2, 0.25) is 0 Å². The summed E-state index contributed by atoms with van der Waals surface area (Å²) in [7, 11) is 1.41. The maximum atomic E-state index is 12.8. The number of carbonyl (C=O) groups excluding carboxylic acids is 2. The van der Waals surface area contributed by atoms with Crippen molar-refractivity contribution < 1.29 is 42.1 Å². The first-order valence-corrected chi connectivity index (χ1v) is 31.1. The highest BCUT2D eigenvalue weighted by atomic mass is 31.2. The fraction of sp³-hybridized carbons (Fsp3) is 0.606. The number of phosphoric acid groups is 1. The van der Waals surface area contributed by atoms with Crippen LogP contribution in [0.4, 0.5) is 0 Å². The minimum Gasteiger partial charge on any atom is -0.462 e. The summed E-state index contributed by atoms with van der Waals surface area (Å²) >= 11 is 0. The van der Waals surface area contributed by atoms with E-state index in [1.165, 1.54) is 64.2 Å². The van der Waals surface area contributed by atoms with Gasteiger partial charge in [-0.3, -0.25) is 18.6 Å². The molecule has 0 rings (SSSR count). The fourth-order valence-corrected chi connectivity index (χ4v) is 8.06. The Morgan fingerprint density at radius 2 is 0.763 bits per heavy atom. The molecule has 9 nitrogen and oxygen atoms in total. The third-order valence-corrected chi connectivity index (χ3v) is 12.8. The summed E-state index contributed by atoms with van der Waals surface area (Å²) in [4.78, 5) is 35.7. The second kappa shape index (κ2) is 55.6. The van der Waals surface area contributed by atoms with Gasteiger partial charge >= 0.3 is 19.8 Å². The topological polar surface area (TPSA) is 108 Å². The molecule has 0 aliphatic heterocycles. The SMILES string of the molecule is CC/C=C\C/C=C\C/C=C\C/C=C\C/C=C\C/C=C\C/C=C\C/C=C\C/C=C\CCCC(=O)OC(COC(=O)CCCCCCCCCC/C=C\C/C=C\C/C=C\CCCCCCC)COP(=O)(O)OCC[N+](C)(C)C. The third-order valence-electron chi connectivity index (χ3n) is 11.9. The molecule has 0 bridgehead atoms. The van der Waals surface area contributed by atoms with Crippen LogP contribution < -0.4 is 0 Å². The summed E-state index contributed by atoms with van der Waals surface area (Å²) in [5.74, 6) is -0.887. The molecule has 1 N–H and O–H groups in total. The van der Waals surface area contributed by atoms with E-state index < -0.39 is 32.5 Å². The van der Waals surface area contributed by atoms with E-state index in [0.717, 1.165) is 96.3 Å². The number of hydrogen-bond acceptors (Lipinski definition) is 7. The lowest BCUT2D eigenvalue weighted by Crippen LogP contribution is -2.37. The van der Waals surface area contributed by atoms with Crippen LogP contribution in [0.25, 0.3) is 0 Å². The average Bonchev–Trinajstić information content (AvgIpc) is 3.38. The average molecular weight is 1080 g/mol. The van der Waals surface area contributed by atoms with Gasteiger partial charge in [0.1, 0.15) is 19.8 Å². The zero-order chi connectivity index (χ0) is 55.6.